The summed E-state index contributed by atoms with van der Waals surface area (Å²) in [6.07, 6.45) is 2.48. The number of sulfonamides is 1. The average Bonchev–Trinajstić information content (AvgIpc) is 2.89. The van der Waals surface area contributed by atoms with Crippen LogP contribution in [0.15, 0.2) is 46.1 Å². The number of anilines is 1. The van der Waals surface area contributed by atoms with E-state index in [4.69, 9.17) is 5.73 Å². The second-order valence-corrected chi connectivity index (χ2v) is 5.23. The van der Waals surface area contributed by atoms with Gasteiger partial charge in [0.15, 0.2) is 0 Å². The van der Waals surface area contributed by atoms with Crippen molar-refractivity contribution in [2.45, 2.75) is 4.90 Å². The van der Waals surface area contributed by atoms with Gasteiger partial charge in [-0.25, -0.2) is 8.42 Å². The number of hydrogen-bond acceptors (Lipinski definition) is 5. The van der Waals surface area contributed by atoms with Gasteiger partial charge in [0, 0.05) is 5.56 Å². The Morgan fingerprint density at radius 1 is 1.32 bits per heavy atom. The van der Waals surface area contributed by atoms with Crippen molar-refractivity contribution in [1.29, 1.82) is 0 Å². The lowest BCUT2D eigenvalue weighted by atomic mass is 10.2. The maximum absolute atomic E-state index is 12.0. The summed E-state index contributed by atoms with van der Waals surface area (Å²) in [5.41, 5.74) is 6.23. The van der Waals surface area contributed by atoms with Crippen LogP contribution in [0.4, 0.5) is 5.69 Å². The van der Waals surface area contributed by atoms with Crippen LogP contribution in [-0.4, -0.2) is 20.1 Å². The fourth-order valence-corrected chi connectivity index (χ4v) is 2.36. The van der Waals surface area contributed by atoms with Crippen LogP contribution in [0.25, 0.3) is 0 Å². The highest BCUT2D eigenvalue weighted by Crippen LogP contribution is 2.15. The minimum Gasteiger partial charge on any atom is -0.362 e. The van der Waals surface area contributed by atoms with Gasteiger partial charge in [-0.3, -0.25) is 4.72 Å². The quantitative estimate of drug-likeness (QED) is 0.808. The van der Waals surface area contributed by atoms with Gasteiger partial charge in [0.2, 0.25) is 0 Å². The first-order valence-electron chi connectivity index (χ1n) is 5.33. The lowest BCUT2D eigenvalue weighted by Gasteiger charge is -2.04. The Bertz CT molecular complexity index is 695. The molecule has 1 aromatic heterocycles. The summed E-state index contributed by atoms with van der Waals surface area (Å²) in [6.45, 7) is 0.259. The molecule has 0 aliphatic carbocycles. The topological polar surface area (TPSA) is 98.2 Å². The molecule has 0 fully saturated rings. The summed E-state index contributed by atoms with van der Waals surface area (Å²) < 4.78 is 30.9. The maximum atomic E-state index is 12.0. The first-order valence-corrected chi connectivity index (χ1v) is 6.81. The predicted molar refractivity (Wildman–Crippen MR) is 69.7 cm³/mol. The standard InChI is InChI=1S/C12H11N3O3S/c13-7-1-2-10-3-5-12(6-4-10)19(16,17)15-11-8-14-18-9-11/h3-6,8-9,15H,7,13H2. The van der Waals surface area contributed by atoms with Gasteiger partial charge in [0.1, 0.15) is 12.0 Å². The summed E-state index contributed by atoms with van der Waals surface area (Å²) in [6, 6.07) is 6.17. The summed E-state index contributed by atoms with van der Waals surface area (Å²) in [5, 5.41) is 3.42. The largest absolute Gasteiger partial charge is 0.362 e. The minimum atomic E-state index is -3.64. The summed E-state index contributed by atoms with van der Waals surface area (Å²) in [5.74, 6) is 5.50. The van der Waals surface area contributed by atoms with Gasteiger partial charge in [0.05, 0.1) is 17.6 Å². The average molecular weight is 277 g/mol. The van der Waals surface area contributed by atoms with Crippen LogP contribution in [0.5, 0.6) is 0 Å². The van der Waals surface area contributed by atoms with E-state index in [0.717, 1.165) is 0 Å². The molecule has 19 heavy (non-hydrogen) atoms. The maximum Gasteiger partial charge on any atom is 0.262 e. The molecule has 1 aromatic carbocycles. The van der Waals surface area contributed by atoms with E-state index in [1.54, 1.807) is 12.1 Å². The van der Waals surface area contributed by atoms with E-state index < -0.39 is 10.0 Å². The van der Waals surface area contributed by atoms with Crippen LogP contribution in [0.1, 0.15) is 5.56 Å². The Morgan fingerprint density at radius 3 is 2.63 bits per heavy atom. The van der Waals surface area contributed by atoms with Crippen molar-refractivity contribution < 1.29 is 12.9 Å². The molecule has 2 rings (SSSR count). The molecule has 0 spiro atoms. The van der Waals surface area contributed by atoms with E-state index >= 15 is 0 Å². The molecule has 0 atom stereocenters. The number of benzene rings is 1. The third kappa shape index (κ3) is 3.34. The molecule has 1 heterocycles. The van der Waals surface area contributed by atoms with Gasteiger partial charge in [-0.2, -0.15) is 0 Å². The van der Waals surface area contributed by atoms with Gasteiger partial charge in [0.25, 0.3) is 10.0 Å². The molecule has 3 N–H and O–H groups in total. The second kappa shape index (κ2) is 5.56. The van der Waals surface area contributed by atoms with Crippen LogP contribution in [-0.2, 0) is 10.0 Å². The molecule has 0 unspecified atom stereocenters. The zero-order chi connectivity index (χ0) is 13.7. The molecule has 0 bridgehead atoms. The van der Waals surface area contributed by atoms with E-state index in [-0.39, 0.29) is 17.1 Å². The lowest BCUT2D eigenvalue weighted by Crippen LogP contribution is -2.12. The van der Waals surface area contributed by atoms with Crippen LogP contribution in [0, 0.1) is 11.8 Å². The monoisotopic (exact) mass is 277 g/mol. The van der Waals surface area contributed by atoms with Crippen LogP contribution < -0.4 is 10.5 Å². The van der Waals surface area contributed by atoms with Crippen molar-refractivity contribution in [3.63, 3.8) is 0 Å². The number of hydrogen-bond donors (Lipinski definition) is 2. The number of nitrogens with two attached hydrogens (primary N) is 1. The third-order valence-corrected chi connectivity index (χ3v) is 3.58. The Labute approximate surface area is 110 Å². The Morgan fingerprint density at radius 2 is 2.05 bits per heavy atom. The number of rotatable bonds is 3. The Balaban J connectivity index is 2.21. The van der Waals surface area contributed by atoms with Gasteiger partial charge < -0.3 is 10.3 Å². The number of nitrogens with one attached hydrogen (secondary N) is 1. The lowest BCUT2D eigenvalue weighted by molar-refractivity contribution is 0.420. The van der Waals surface area contributed by atoms with E-state index in [0.29, 0.717) is 5.56 Å². The van der Waals surface area contributed by atoms with Crippen molar-refractivity contribution in [2.24, 2.45) is 5.73 Å². The van der Waals surface area contributed by atoms with Crippen molar-refractivity contribution in [3.05, 3.63) is 42.3 Å². The molecule has 0 saturated carbocycles. The van der Waals surface area contributed by atoms with Crippen molar-refractivity contribution >= 4 is 15.7 Å². The zero-order valence-corrected chi connectivity index (χ0v) is 10.6. The van der Waals surface area contributed by atoms with Gasteiger partial charge in [-0.15, -0.1) is 0 Å². The van der Waals surface area contributed by atoms with Gasteiger partial charge in [-0.05, 0) is 24.3 Å². The molecular formula is C12H11N3O3S. The Hall–Kier alpha value is -2.30. The van der Waals surface area contributed by atoms with Gasteiger partial charge >= 0.3 is 0 Å². The van der Waals surface area contributed by atoms with E-state index in [1.807, 2.05) is 0 Å². The molecule has 0 amide bonds. The highest BCUT2D eigenvalue weighted by atomic mass is 32.2. The zero-order valence-electron chi connectivity index (χ0n) is 9.83. The molecule has 98 valence electrons. The fourth-order valence-electron chi connectivity index (χ4n) is 1.34. The number of aromatic nitrogens is 1. The minimum absolute atomic E-state index is 0.131. The smallest absolute Gasteiger partial charge is 0.262 e. The number of nitrogens with zero attached hydrogens (tertiary/aromatic N) is 1. The second-order valence-electron chi connectivity index (χ2n) is 3.55. The van der Waals surface area contributed by atoms with E-state index in [9.17, 15) is 8.42 Å². The first kappa shape index (κ1) is 13.1. The first-order chi connectivity index (χ1) is 9.12. The third-order valence-electron chi connectivity index (χ3n) is 2.18. The SMILES string of the molecule is NCC#Cc1ccc(S(=O)(=O)Nc2cnoc2)cc1. The van der Waals surface area contributed by atoms with Crippen molar-refractivity contribution in [1.82, 2.24) is 5.16 Å². The molecule has 7 heteroatoms. The van der Waals surface area contributed by atoms with Crippen LogP contribution in [0.2, 0.25) is 0 Å². The fraction of sp³-hybridized carbons (Fsp3) is 0.0833. The predicted octanol–water partition coefficient (Wildman–Crippen LogP) is 0.786. The molecule has 0 radical (unpaired) electrons. The highest BCUT2D eigenvalue weighted by molar-refractivity contribution is 7.92. The van der Waals surface area contributed by atoms with Crippen molar-refractivity contribution in [2.75, 3.05) is 11.3 Å². The Kier molecular flexibility index (Phi) is 3.85. The molecule has 0 aliphatic heterocycles. The van der Waals surface area contributed by atoms with Crippen molar-refractivity contribution in [3.8, 4) is 11.8 Å². The molecule has 2 aromatic rings. The normalized spacial score (nSPS) is 10.6. The van der Waals surface area contributed by atoms with Crippen LogP contribution in [0.3, 0.4) is 0 Å². The molecule has 0 saturated heterocycles. The van der Waals surface area contributed by atoms with Crippen LogP contribution >= 0.6 is 0 Å². The highest BCUT2D eigenvalue weighted by Gasteiger charge is 2.14. The molecular weight excluding hydrogens is 266 g/mol. The molecule has 6 nitrogen and oxygen atoms in total. The summed E-state index contributed by atoms with van der Waals surface area (Å²) in [7, 11) is -3.64. The van der Waals surface area contributed by atoms with Gasteiger partial charge in [-0.1, -0.05) is 17.0 Å². The van der Waals surface area contributed by atoms with E-state index in [2.05, 4.69) is 26.2 Å². The summed E-state index contributed by atoms with van der Waals surface area (Å²) >= 11 is 0. The summed E-state index contributed by atoms with van der Waals surface area (Å²) in [4.78, 5) is 0.131. The molecule has 0 aliphatic rings. The van der Waals surface area contributed by atoms with E-state index in [1.165, 1.54) is 24.6 Å².